The number of rotatable bonds is 4. The molecule has 20 heavy (non-hydrogen) atoms. The van der Waals surface area contributed by atoms with Crippen molar-refractivity contribution in [1.82, 2.24) is 5.32 Å². The fourth-order valence-corrected chi connectivity index (χ4v) is 2.37. The lowest BCUT2D eigenvalue weighted by atomic mass is 9.81. The summed E-state index contributed by atoms with van der Waals surface area (Å²) in [5.41, 5.74) is -0.895. The minimum Gasteiger partial charge on any atom is -0.376 e. The predicted octanol–water partition coefficient (Wildman–Crippen LogP) is 2.67. The van der Waals surface area contributed by atoms with Crippen molar-refractivity contribution < 1.29 is 13.7 Å². The van der Waals surface area contributed by atoms with Crippen LogP contribution in [-0.4, -0.2) is 24.6 Å². The van der Waals surface area contributed by atoms with Crippen LogP contribution in [-0.2, 0) is 0 Å². The zero-order chi connectivity index (χ0) is 14.8. The van der Waals surface area contributed by atoms with Gasteiger partial charge < -0.3 is 10.6 Å². The number of benzene rings is 1. The normalized spacial score (nSPS) is 17.8. The average molecular weight is 285 g/mol. The molecule has 0 spiro atoms. The molecule has 5 nitrogen and oxygen atoms in total. The van der Waals surface area contributed by atoms with Gasteiger partial charge in [0.15, 0.2) is 17.3 Å². The highest BCUT2D eigenvalue weighted by Gasteiger charge is 2.29. The van der Waals surface area contributed by atoms with Gasteiger partial charge in [0.1, 0.15) is 0 Å². The maximum absolute atomic E-state index is 13.7. The van der Waals surface area contributed by atoms with E-state index < -0.39 is 22.2 Å². The van der Waals surface area contributed by atoms with E-state index in [1.165, 1.54) is 0 Å². The maximum atomic E-state index is 13.7. The van der Waals surface area contributed by atoms with Gasteiger partial charge in [-0.2, -0.15) is 0 Å². The van der Waals surface area contributed by atoms with Crippen LogP contribution in [0, 0.1) is 27.2 Å². The zero-order valence-electron chi connectivity index (χ0n) is 11.2. The van der Waals surface area contributed by atoms with Crippen LogP contribution in [0.3, 0.4) is 0 Å². The van der Waals surface area contributed by atoms with Crippen LogP contribution in [0.5, 0.6) is 0 Å². The largest absolute Gasteiger partial charge is 0.376 e. The summed E-state index contributed by atoms with van der Waals surface area (Å²) >= 11 is 0. The van der Waals surface area contributed by atoms with Gasteiger partial charge in [-0.1, -0.05) is 6.92 Å². The highest BCUT2D eigenvalue weighted by atomic mass is 19.2. The molecule has 7 heteroatoms. The number of anilines is 1. The van der Waals surface area contributed by atoms with E-state index in [9.17, 15) is 18.9 Å². The minimum absolute atomic E-state index is 0.0854. The quantitative estimate of drug-likeness (QED) is 0.659. The molecule has 0 aliphatic carbocycles. The number of nitrogens with zero attached hydrogens (tertiary/aromatic N) is 1. The second-order valence-electron chi connectivity index (χ2n) is 5.43. The topological polar surface area (TPSA) is 67.2 Å². The summed E-state index contributed by atoms with van der Waals surface area (Å²) < 4.78 is 27.0. The molecule has 0 aromatic heterocycles. The summed E-state index contributed by atoms with van der Waals surface area (Å²) in [5, 5.41) is 16.8. The Morgan fingerprint density at radius 3 is 2.65 bits per heavy atom. The van der Waals surface area contributed by atoms with Gasteiger partial charge in [0.25, 0.3) is 5.69 Å². The molecule has 110 valence electrons. The highest BCUT2D eigenvalue weighted by Crippen LogP contribution is 2.33. The highest BCUT2D eigenvalue weighted by molar-refractivity contribution is 5.62. The Labute approximate surface area is 115 Å². The zero-order valence-corrected chi connectivity index (χ0v) is 11.2. The number of piperidine rings is 1. The van der Waals surface area contributed by atoms with Gasteiger partial charge in [-0.3, -0.25) is 10.1 Å². The predicted molar refractivity (Wildman–Crippen MR) is 71.7 cm³/mol. The smallest absolute Gasteiger partial charge is 0.295 e. The van der Waals surface area contributed by atoms with Gasteiger partial charge in [0, 0.05) is 12.6 Å². The van der Waals surface area contributed by atoms with Crippen molar-refractivity contribution in [2.75, 3.05) is 25.0 Å². The van der Waals surface area contributed by atoms with E-state index in [2.05, 4.69) is 10.6 Å². The summed E-state index contributed by atoms with van der Waals surface area (Å²) in [4.78, 5) is 10.2. The van der Waals surface area contributed by atoms with Crippen LogP contribution in [0.2, 0.25) is 0 Å². The molecule has 1 fully saturated rings. The van der Waals surface area contributed by atoms with E-state index in [1.54, 1.807) is 0 Å². The molecule has 1 aliphatic rings. The van der Waals surface area contributed by atoms with E-state index in [1.807, 2.05) is 6.92 Å². The summed E-state index contributed by atoms with van der Waals surface area (Å²) in [7, 11) is 0. The summed E-state index contributed by atoms with van der Waals surface area (Å²) in [5.74, 6) is -2.29. The van der Waals surface area contributed by atoms with Crippen molar-refractivity contribution in [3.63, 3.8) is 0 Å². The van der Waals surface area contributed by atoms with Crippen LogP contribution in [0.15, 0.2) is 12.1 Å². The van der Waals surface area contributed by atoms with Gasteiger partial charge in [0.05, 0.1) is 4.92 Å². The molecule has 2 rings (SSSR count). The second kappa shape index (κ2) is 5.70. The molecule has 1 aromatic carbocycles. The van der Waals surface area contributed by atoms with Crippen LogP contribution in [0.25, 0.3) is 0 Å². The van der Waals surface area contributed by atoms with Gasteiger partial charge in [-0.25, -0.2) is 8.78 Å². The second-order valence-corrected chi connectivity index (χ2v) is 5.43. The lowest BCUT2D eigenvalue weighted by Gasteiger charge is -2.34. The number of nitro benzene ring substituents is 1. The Bertz CT molecular complexity index is 517. The van der Waals surface area contributed by atoms with Crippen molar-refractivity contribution in [1.29, 1.82) is 0 Å². The summed E-state index contributed by atoms with van der Waals surface area (Å²) in [6.07, 6.45) is 1.76. The van der Waals surface area contributed by atoms with E-state index >= 15 is 0 Å². The lowest BCUT2D eigenvalue weighted by molar-refractivity contribution is -0.384. The molecule has 1 saturated heterocycles. The Morgan fingerprint density at radius 2 is 2.05 bits per heavy atom. The van der Waals surface area contributed by atoms with Crippen LogP contribution >= 0.6 is 0 Å². The molecule has 1 heterocycles. The maximum Gasteiger partial charge on any atom is 0.295 e. The monoisotopic (exact) mass is 285 g/mol. The Kier molecular flexibility index (Phi) is 4.17. The van der Waals surface area contributed by atoms with Gasteiger partial charge in [-0.15, -0.1) is 0 Å². The minimum atomic E-state index is -1.20. The summed E-state index contributed by atoms with van der Waals surface area (Å²) in [6, 6.07) is 1.75. The molecule has 2 N–H and O–H groups in total. The number of nitro groups is 1. The lowest BCUT2D eigenvalue weighted by Crippen LogP contribution is -2.39. The molecule has 1 aromatic rings. The van der Waals surface area contributed by atoms with Crippen molar-refractivity contribution >= 4 is 11.4 Å². The van der Waals surface area contributed by atoms with Crippen molar-refractivity contribution in [2.45, 2.75) is 19.8 Å². The first kappa shape index (κ1) is 14.6. The van der Waals surface area contributed by atoms with E-state index in [4.69, 9.17) is 0 Å². The Balaban J connectivity index is 2.20. The molecule has 0 radical (unpaired) electrons. The van der Waals surface area contributed by atoms with Crippen molar-refractivity contribution in [2.24, 2.45) is 5.41 Å². The van der Waals surface area contributed by atoms with Gasteiger partial charge >= 0.3 is 0 Å². The van der Waals surface area contributed by atoms with Crippen molar-refractivity contribution in [3.05, 3.63) is 33.9 Å². The van der Waals surface area contributed by atoms with Crippen LogP contribution in [0.4, 0.5) is 20.2 Å². The van der Waals surface area contributed by atoms with Crippen molar-refractivity contribution in [3.8, 4) is 0 Å². The number of hydrogen-bond donors (Lipinski definition) is 2. The number of hydrogen-bond acceptors (Lipinski definition) is 4. The molecule has 0 unspecified atom stereocenters. The summed E-state index contributed by atoms with van der Waals surface area (Å²) in [6.45, 7) is 4.11. The Morgan fingerprint density at radius 1 is 1.40 bits per heavy atom. The van der Waals surface area contributed by atoms with E-state index in [0.29, 0.717) is 6.54 Å². The van der Waals surface area contributed by atoms with Gasteiger partial charge in [-0.05, 0) is 37.4 Å². The number of halogens is 2. The van der Waals surface area contributed by atoms with Crippen LogP contribution in [0.1, 0.15) is 19.8 Å². The first-order valence-electron chi connectivity index (χ1n) is 6.50. The average Bonchev–Trinajstić information content (AvgIpc) is 2.41. The fraction of sp³-hybridized carbons (Fsp3) is 0.538. The number of nitrogens with one attached hydrogen (secondary N) is 2. The molecular weight excluding hydrogens is 268 g/mol. The molecular formula is C13H17F2N3O2. The first-order valence-corrected chi connectivity index (χ1v) is 6.50. The fourth-order valence-electron chi connectivity index (χ4n) is 2.37. The molecule has 0 atom stereocenters. The van der Waals surface area contributed by atoms with E-state index in [0.717, 1.165) is 38.1 Å². The standard InChI is InChI=1S/C13H17F2N3O2/c1-13(4-6-16-7-5-13)8-17-12-10(18(19)20)3-2-9(14)11(12)15/h2-3,16-17H,4-8H2,1H3. The van der Waals surface area contributed by atoms with E-state index in [-0.39, 0.29) is 11.1 Å². The SMILES string of the molecule is CC1(CNc2c([N+](=O)[O-])ccc(F)c2F)CCNCC1. The van der Waals surface area contributed by atoms with Gasteiger partial charge in [0.2, 0.25) is 0 Å². The molecule has 0 bridgehead atoms. The third-order valence-corrected chi connectivity index (χ3v) is 3.77. The third kappa shape index (κ3) is 3.04. The molecule has 0 saturated carbocycles. The molecule has 0 amide bonds. The van der Waals surface area contributed by atoms with Crippen LogP contribution < -0.4 is 10.6 Å². The molecule has 1 aliphatic heterocycles. The third-order valence-electron chi connectivity index (χ3n) is 3.77. The first-order chi connectivity index (χ1) is 9.43. The Hall–Kier alpha value is -1.76.